The second-order valence-electron chi connectivity index (χ2n) is 9.68. The second kappa shape index (κ2) is 13.0. The zero-order valence-corrected chi connectivity index (χ0v) is 22.7. The maximum absolute atomic E-state index is 11.7. The van der Waals surface area contributed by atoms with Crippen molar-refractivity contribution in [2.75, 3.05) is 44.2 Å². The molecule has 1 unspecified atom stereocenters. The molecule has 1 aromatic heterocycles. The third-order valence-electron chi connectivity index (χ3n) is 7.07. The van der Waals surface area contributed by atoms with Crippen LogP contribution in [-0.4, -0.2) is 59.6 Å². The van der Waals surface area contributed by atoms with Gasteiger partial charge in [0.2, 0.25) is 5.12 Å². The lowest BCUT2D eigenvalue weighted by molar-refractivity contribution is -0.107. The fourth-order valence-electron chi connectivity index (χ4n) is 5.08. The average Bonchev–Trinajstić information content (AvgIpc) is 3.00. The molecule has 4 rings (SSSR count). The highest BCUT2D eigenvalue weighted by molar-refractivity contribution is 8.15. The minimum atomic E-state index is 0.167. The predicted octanol–water partition coefficient (Wildman–Crippen LogP) is 6.69. The number of nitrogens with zero attached hydrogens (tertiary/aromatic N) is 3. The highest BCUT2D eigenvalue weighted by Gasteiger charge is 2.28. The standard InChI is InChI=1S/C28H38ClN3O2S/c1-21-27(22(2)35-28(21)33)34-19-8-6-4-3-5-7-14-31-15-9-16-32(18-17-31)26-12-13-30-25-20-23(29)10-11-24(25)26/h10-13,20,22H,3-9,14-19H2,1-2H3. The molecule has 7 heteroatoms. The van der Waals surface area contributed by atoms with Gasteiger partial charge in [-0.2, -0.15) is 0 Å². The Morgan fingerprint density at radius 2 is 1.86 bits per heavy atom. The van der Waals surface area contributed by atoms with Crippen LogP contribution in [0.3, 0.4) is 0 Å². The highest BCUT2D eigenvalue weighted by atomic mass is 35.5. The van der Waals surface area contributed by atoms with Crippen molar-refractivity contribution in [3.8, 4) is 0 Å². The van der Waals surface area contributed by atoms with Crippen molar-refractivity contribution in [1.82, 2.24) is 9.88 Å². The Bertz CT molecular complexity index is 1040. The molecule has 190 valence electrons. The minimum absolute atomic E-state index is 0.167. The quantitative estimate of drug-likeness (QED) is 0.310. The van der Waals surface area contributed by atoms with Gasteiger partial charge in [0, 0.05) is 47.5 Å². The highest BCUT2D eigenvalue weighted by Crippen LogP contribution is 2.34. The van der Waals surface area contributed by atoms with E-state index >= 15 is 0 Å². The number of pyridine rings is 1. The molecule has 1 atom stereocenters. The SMILES string of the molecule is CC1=C(OCCCCCCCCN2CCCN(c3ccnc4cc(Cl)ccc34)CC2)C(C)SC1=O. The number of carbonyl (C=O) groups excluding carboxylic acids is 1. The third kappa shape index (κ3) is 7.14. The van der Waals surface area contributed by atoms with Gasteiger partial charge in [-0.25, -0.2) is 0 Å². The summed E-state index contributed by atoms with van der Waals surface area (Å²) in [6.45, 7) is 10.3. The Balaban J connectivity index is 1.10. The van der Waals surface area contributed by atoms with Crippen LogP contribution in [-0.2, 0) is 9.53 Å². The van der Waals surface area contributed by atoms with Crippen LogP contribution in [0.5, 0.6) is 0 Å². The summed E-state index contributed by atoms with van der Waals surface area (Å²) in [6, 6.07) is 8.15. The Morgan fingerprint density at radius 3 is 2.66 bits per heavy atom. The molecule has 0 spiro atoms. The number of ether oxygens (including phenoxy) is 1. The van der Waals surface area contributed by atoms with Gasteiger partial charge in [-0.15, -0.1) is 0 Å². The molecule has 0 saturated carbocycles. The summed E-state index contributed by atoms with van der Waals surface area (Å²) in [5, 5.41) is 2.27. The Hall–Kier alpha value is -1.76. The zero-order valence-electron chi connectivity index (χ0n) is 21.1. The van der Waals surface area contributed by atoms with Gasteiger partial charge < -0.3 is 14.5 Å². The second-order valence-corrected chi connectivity index (χ2v) is 11.4. The lowest BCUT2D eigenvalue weighted by Gasteiger charge is -2.25. The lowest BCUT2D eigenvalue weighted by Crippen LogP contribution is -2.31. The van der Waals surface area contributed by atoms with Gasteiger partial charge in [-0.3, -0.25) is 9.78 Å². The van der Waals surface area contributed by atoms with Crippen molar-refractivity contribution in [2.45, 2.75) is 64.0 Å². The first-order chi connectivity index (χ1) is 17.0. The Morgan fingerprint density at radius 1 is 1.06 bits per heavy atom. The van der Waals surface area contributed by atoms with E-state index in [0.717, 1.165) is 54.5 Å². The number of carbonyl (C=O) groups is 1. The number of fused-ring (bicyclic) bond motifs is 1. The van der Waals surface area contributed by atoms with E-state index in [1.54, 1.807) is 0 Å². The van der Waals surface area contributed by atoms with Crippen molar-refractivity contribution >= 4 is 45.1 Å². The fourth-order valence-corrected chi connectivity index (χ4v) is 6.19. The molecule has 0 amide bonds. The van der Waals surface area contributed by atoms with E-state index < -0.39 is 0 Å². The number of anilines is 1. The van der Waals surface area contributed by atoms with Gasteiger partial charge in [0.25, 0.3) is 0 Å². The summed E-state index contributed by atoms with van der Waals surface area (Å²) in [4.78, 5) is 21.4. The van der Waals surface area contributed by atoms with Crippen LogP contribution < -0.4 is 4.90 Å². The van der Waals surface area contributed by atoms with Gasteiger partial charge in [-0.05, 0) is 70.5 Å². The monoisotopic (exact) mass is 515 g/mol. The fraction of sp³-hybridized carbons (Fsp3) is 0.571. The number of benzene rings is 1. The summed E-state index contributed by atoms with van der Waals surface area (Å²) in [7, 11) is 0. The van der Waals surface area contributed by atoms with E-state index in [1.165, 1.54) is 74.4 Å². The molecule has 2 aliphatic rings. The molecule has 35 heavy (non-hydrogen) atoms. The van der Waals surface area contributed by atoms with Gasteiger partial charge in [0.1, 0.15) is 5.76 Å². The molecular formula is C28H38ClN3O2S. The van der Waals surface area contributed by atoms with E-state index in [-0.39, 0.29) is 10.4 Å². The lowest BCUT2D eigenvalue weighted by atomic mass is 10.1. The van der Waals surface area contributed by atoms with E-state index in [4.69, 9.17) is 16.3 Å². The first kappa shape index (κ1) is 26.3. The molecule has 0 bridgehead atoms. The van der Waals surface area contributed by atoms with Crippen molar-refractivity contribution in [3.63, 3.8) is 0 Å². The first-order valence-corrected chi connectivity index (χ1v) is 14.3. The zero-order chi connectivity index (χ0) is 24.6. The molecule has 5 nitrogen and oxygen atoms in total. The Labute approximate surface area is 219 Å². The molecule has 1 aromatic carbocycles. The molecule has 0 aliphatic carbocycles. The largest absolute Gasteiger partial charge is 0.496 e. The number of aromatic nitrogens is 1. The van der Waals surface area contributed by atoms with E-state index in [1.807, 2.05) is 32.2 Å². The van der Waals surface area contributed by atoms with Crippen LogP contribution in [0.15, 0.2) is 41.8 Å². The summed E-state index contributed by atoms with van der Waals surface area (Å²) in [6.07, 6.45) is 10.5. The molecule has 1 fully saturated rings. The van der Waals surface area contributed by atoms with Crippen molar-refractivity contribution in [2.24, 2.45) is 0 Å². The summed E-state index contributed by atoms with van der Waals surface area (Å²) >= 11 is 7.54. The number of rotatable bonds is 11. The van der Waals surface area contributed by atoms with Gasteiger partial charge in [-0.1, -0.05) is 49.0 Å². The molecule has 2 aromatic rings. The number of thioether (sulfide) groups is 1. The van der Waals surface area contributed by atoms with Crippen molar-refractivity contribution in [3.05, 3.63) is 46.8 Å². The van der Waals surface area contributed by atoms with Gasteiger partial charge in [0.15, 0.2) is 0 Å². The summed E-state index contributed by atoms with van der Waals surface area (Å²) in [5.74, 6) is 0.900. The van der Waals surface area contributed by atoms with Crippen LogP contribution in [0.4, 0.5) is 5.69 Å². The number of hydrogen-bond acceptors (Lipinski definition) is 6. The van der Waals surface area contributed by atoms with Crippen LogP contribution in [0.25, 0.3) is 10.9 Å². The molecule has 1 saturated heterocycles. The molecule has 3 heterocycles. The van der Waals surface area contributed by atoms with E-state index in [9.17, 15) is 4.79 Å². The first-order valence-electron chi connectivity index (χ1n) is 13.1. The smallest absolute Gasteiger partial charge is 0.219 e. The number of hydrogen-bond donors (Lipinski definition) is 0. The third-order valence-corrected chi connectivity index (χ3v) is 8.39. The molecule has 0 N–H and O–H groups in total. The average molecular weight is 516 g/mol. The van der Waals surface area contributed by atoms with Crippen LogP contribution in [0, 0.1) is 0 Å². The molecule has 2 aliphatic heterocycles. The van der Waals surface area contributed by atoms with E-state index in [2.05, 4.69) is 26.9 Å². The minimum Gasteiger partial charge on any atom is -0.496 e. The van der Waals surface area contributed by atoms with Crippen LogP contribution in [0.1, 0.15) is 58.8 Å². The Kier molecular flexibility index (Phi) is 9.75. The van der Waals surface area contributed by atoms with Crippen molar-refractivity contribution in [1.29, 1.82) is 0 Å². The van der Waals surface area contributed by atoms with Crippen molar-refractivity contribution < 1.29 is 9.53 Å². The van der Waals surface area contributed by atoms with Crippen LogP contribution in [0.2, 0.25) is 5.02 Å². The predicted molar refractivity (Wildman–Crippen MR) is 148 cm³/mol. The normalized spacial score (nSPS) is 19.6. The number of unbranched alkanes of at least 4 members (excludes halogenated alkanes) is 5. The summed E-state index contributed by atoms with van der Waals surface area (Å²) < 4.78 is 5.90. The molecular weight excluding hydrogens is 478 g/mol. The molecule has 0 radical (unpaired) electrons. The topological polar surface area (TPSA) is 45.7 Å². The van der Waals surface area contributed by atoms with Crippen LogP contribution >= 0.6 is 23.4 Å². The maximum Gasteiger partial charge on any atom is 0.219 e. The maximum atomic E-state index is 11.7. The van der Waals surface area contributed by atoms with E-state index in [0.29, 0.717) is 0 Å². The van der Waals surface area contributed by atoms with Gasteiger partial charge in [0.05, 0.1) is 17.4 Å². The van der Waals surface area contributed by atoms with Gasteiger partial charge >= 0.3 is 0 Å². The number of halogens is 1. The summed E-state index contributed by atoms with van der Waals surface area (Å²) in [5.41, 5.74) is 3.05.